The molecule has 1 N–H and O–H groups in total. The highest BCUT2D eigenvalue weighted by Gasteiger charge is 2.29. The van der Waals surface area contributed by atoms with Crippen molar-refractivity contribution in [1.82, 2.24) is 24.8 Å². The van der Waals surface area contributed by atoms with Gasteiger partial charge in [0.2, 0.25) is 5.82 Å². The van der Waals surface area contributed by atoms with Gasteiger partial charge in [-0.15, -0.1) is 23.1 Å². The van der Waals surface area contributed by atoms with E-state index < -0.39 is 36.9 Å². The minimum absolute atomic E-state index is 0.0291. The van der Waals surface area contributed by atoms with Gasteiger partial charge in [-0.25, -0.2) is 28.4 Å². The lowest BCUT2D eigenvalue weighted by Crippen LogP contribution is -2.32. The average molecular weight is 843 g/mol. The number of benzene rings is 2. The lowest BCUT2D eigenvalue weighted by Gasteiger charge is -2.29. The van der Waals surface area contributed by atoms with Crippen LogP contribution < -0.4 is 10.2 Å². The first-order chi connectivity index (χ1) is 27.4. The number of aromatic nitrogens is 4. The highest BCUT2D eigenvalue weighted by Crippen LogP contribution is 2.32. The summed E-state index contributed by atoms with van der Waals surface area (Å²) in [6, 6.07) is 19.9. The van der Waals surface area contributed by atoms with E-state index in [-0.39, 0.29) is 29.8 Å². The van der Waals surface area contributed by atoms with E-state index in [1.807, 2.05) is 84.6 Å². The Bertz CT molecular complexity index is 2510. The van der Waals surface area contributed by atoms with Gasteiger partial charge in [-0.3, -0.25) is 19.7 Å². The van der Waals surface area contributed by atoms with Crippen molar-refractivity contribution in [3.63, 3.8) is 0 Å². The Balaban J connectivity index is 1.02. The second kappa shape index (κ2) is 17.6. The number of nitrogens with zero attached hydrogens (tertiary/aromatic N) is 7. The van der Waals surface area contributed by atoms with Gasteiger partial charge in [-0.2, -0.15) is 0 Å². The fraction of sp³-hybridized carbons (Fsp3) is 0.282. The van der Waals surface area contributed by atoms with E-state index in [1.54, 1.807) is 18.0 Å². The summed E-state index contributed by atoms with van der Waals surface area (Å²) in [5.41, 5.74) is 2.76. The van der Waals surface area contributed by atoms with Gasteiger partial charge in [0.25, 0.3) is 0 Å². The van der Waals surface area contributed by atoms with Crippen LogP contribution in [0.2, 0.25) is 0 Å². The average Bonchev–Trinajstić information content (AvgIpc) is 3.86. The number of rotatable bonds is 17. The van der Waals surface area contributed by atoms with Gasteiger partial charge in [0.05, 0.1) is 16.2 Å². The molecule has 0 radical (unpaired) electrons. The lowest BCUT2D eigenvalue weighted by molar-refractivity contribution is -0.384. The molecule has 0 unspecified atom stereocenters. The summed E-state index contributed by atoms with van der Waals surface area (Å²) in [7, 11) is -0.456. The topological polar surface area (TPSA) is 181 Å². The number of carbonyl (C=O) groups is 2. The van der Waals surface area contributed by atoms with E-state index >= 15 is 0 Å². The number of anilines is 2. The molecule has 7 rings (SSSR count). The van der Waals surface area contributed by atoms with Crippen LogP contribution in [0.15, 0.2) is 94.3 Å². The number of nitro groups is 1. The van der Waals surface area contributed by atoms with Gasteiger partial charge < -0.3 is 15.1 Å². The SMILES string of the molecule is CN(C)CC[C@H](CSc1ccccc1)Nc1ncc(S(=O)(=O)CC(=O)c2csc(N3CCc4cccc(C(=O)Cc5nc6cccnc6s5)c4C3)n2)cc1[N+](=O)[O-]. The maximum atomic E-state index is 13.6. The van der Waals surface area contributed by atoms with Crippen LogP contribution in [-0.2, 0) is 29.2 Å². The second-order valence-corrected chi connectivity index (χ2v) is 18.7. The molecule has 14 nitrogen and oxygen atoms in total. The van der Waals surface area contributed by atoms with Crippen LogP contribution in [0.5, 0.6) is 0 Å². The predicted molar refractivity (Wildman–Crippen MR) is 224 cm³/mol. The Labute approximate surface area is 341 Å². The number of hydrogen-bond donors (Lipinski definition) is 1. The minimum Gasteiger partial charge on any atom is -0.361 e. The molecule has 0 amide bonds. The minimum atomic E-state index is -4.33. The van der Waals surface area contributed by atoms with E-state index in [0.29, 0.717) is 53.9 Å². The zero-order chi connectivity index (χ0) is 40.1. The molecule has 6 aromatic rings. The standard InChI is InChI=1S/C39H38N8O6S4/c1-45(2)16-14-26(22-54-27-9-4-3-5-10-27)42-37-33(47(50)51)18-28(20-41-37)57(52,53)24-35(49)32-23-55-39(44-32)46-17-13-25-8-6-11-29(30(25)21-46)34(48)19-36-43-31-12-7-15-40-38(31)56-36/h3-12,15,18,20,23,26H,13-14,16-17,19,21-22,24H2,1-2H3,(H,41,42)/t26-/m1/s1. The Morgan fingerprint density at radius 3 is 2.65 bits per heavy atom. The van der Waals surface area contributed by atoms with Crippen molar-refractivity contribution in [1.29, 1.82) is 0 Å². The third-order valence-corrected chi connectivity index (χ3v) is 14.0. The Morgan fingerprint density at radius 2 is 1.88 bits per heavy atom. The Morgan fingerprint density at radius 1 is 1.05 bits per heavy atom. The van der Waals surface area contributed by atoms with Crippen LogP contribution in [0.4, 0.5) is 16.6 Å². The molecule has 0 spiro atoms. The fourth-order valence-corrected chi connectivity index (χ4v) is 10.3. The summed E-state index contributed by atoms with van der Waals surface area (Å²) in [4.78, 5) is 61.4. The van der Waals surface area contributed by atoms with Gasteiger partial charge in [0.15, 0.2) is 26.5 Å². The fourth-order valence-electron chi connectivity index (χ4n) is 6.37. The van der Waals surface area contributed by atoms with Crippen LogP contribution in [0.1, 0.15) is 43.4 Å². The normalized spacial score (nSPS) is 13.4. The number of sulfone groups is 1. The summed E-state index contributed by atoms with van der Waals surface area (Å²) in [5, 5.41) is 18.1. The number of hydrogen-bond acceptors (Lipinski definition) is 16. The van der Waals surface area contributed by atoms with Crippen molar-refractivity contribution in [3.05, 3.63) is 122 Å². The number of carbonyl (C=O) groups excluding carboxylic acids is 2. The van der Waals surface area contributed by atoms with Gasteiger partial charge in [0.1, 0.15) is 26.8 Å². The first-order valence-electron chi connectivity index (χ1n) is 18.0. The van der Waals surface area contributed by atoms with Crippen molar-refractivity contribution in [2.24, 2.45) is 0 Å². The van der Waals surface area contributed by atoms with Gasteiger partial charge in [-0.05, 0) is 68.9 Å². The third-order valence-electron chi connectivity index (χ3n) is 9.32. The summed E-state index contributed by atoms with van der Waals surface area (Å²) in [6.07, 6.45) is 4.20. The summed E-state index contributed by atoms with van der Waals surface area (Å²) < 4.78 is 27.0. The van der Waals surface area contributed by atoms with E-state index in [1.165, 1.54) is 28.1 Å². The summed E-state index contributed by atoms with van der Waals surface area (Å²) in [6.45, 7) is 1.68. The molecule has 0 fully saturated rings. The molecular weight excluding hydrogens is 805 g/mol. The highest BCUT2D eigenvalue weighted by molar-refractivity contribution is 7.99. The van der Waals surface area contributed by atoms with E-state index in [9.17, 15) is 28.1 Å². The van der Waals surface area contributed by atoms with Crippen molar-refractivity contribution in [2.45, 2.75) is 41.6 Å². The number of Topliss-reactive ketones (excluding diaryl/α,β-unsaturated/α-hetero) is 2. The van der Waals surface area contributed by atoms with E-state index in [0.717, 1.165) is 38.6 Å². The molecule has 0 saturated heterocycles. The first-order valence-corrected chi connectivity index (χ1v) is 22.3. The molecular formula is C39H38N8O6S4. The predicted octanol–water partition coefficient (Wildman–Crippen LogP) is 6.62. The van der Waals surface area contributed by atoms with Crippen LogP contribution in [-0.4, -0.2) is 94.5 Å². The molecule has 18 heteroatoms. The second-order valence-electron chi connectivity index (χ2n) is 13.7. The monoisotopic (exact) mass is 842 g/mol. The molecule has 0 aliphatic carbocycles. The molecule has 1 aliphatic heterocycles. The third kappa shape index (κ3) is 9.70. The number of ketones is 2. The number of thiazole rings is 2. The number of nitrogens with one attached hydrogen (secondary N) is 1. The molecule has 0 saturated carbocycles. The highest BCUT2D eigenvalue weighted by atomic mass is 32.2. The van der Waals surface area contributed by atoms with Crippen molar-refractivity contribution >= 4 is 82.8 Å². The quantitative estimate of drug-likeness (QED) is 0.0448. The molecule has 1 aliphatic rings. The van der Waals surface area contributed by atoms with Crippen LogP contribution in [0, 0.1) is 10.1 Å². The molecule has 5 heterocycles. The maximum absolute atomic E-state index is 13.6. The molecule has 0 bridgehead atoms. The molecule has 2 aromatic carbocycles. The smallest absolute Gasteiger partial charge is 0.312 e. The van der Waals surface area contributed by atoms with Gasteiger partial charge in [0, 0.05) is 59.2 Å². The van der Waals surface area contributed by atoms with E-state index in [4.69, 9.17) is 0 Å². The van der Waals surface area contributed by atoms with Crippen molar-refractivity contribution in [2.75, 3.05) is 48.9 Å². The van der Waals surface area contributed by atoms with Crippen molar-refractivity contribution < 1.29 is 22.9 Å². The largest absolute Gasteiger partial charge is 0.361 e. The summed E-state index contributed by atoms with van der Waals surface area (Å²) >= 11 is 4.20. The van der Waals surface area contributed by atoms with E-state index in [2.05, 4.69) is 25.3 Å². The number of pyridine rings is 2. The zero-order valence-electron chi connectivity index (χ0n) is 31.0. The maximum Gasteiger partial charge on any atom is 0.312 e. The molecule has 294 valence electrons. The van der Waals surface area contributed by atoms with Crippen LogP contribution >= 0.6 is 34.4 Å². The molecule has 1 atom stereocenters. The van der Waals surface area contributed by atoms with Crippen molar-refractivity contribution in [3.8, 4) is 0 Å². The molecule has 57 heavy (non-hydrogen) atoms. The first kappa shape index (κ1) is 40.1. The van der Waals surface area contributed by atoms with Crippen LogP contribution in [0.25, 0.3) is 10.3 Å². The van der Waals surface area contributed by atoms with Crippen LogP contribution in [0.3, 0.4) is 0 Å². The Hall–Kier alpha value is -5.14. The zero-order valence-corrected chi connectivity index (χ0v) is 34.3. The van der Waals surface area contributed by atoms with Gasteiger partial charge in [-0.1, -0.05) is 47.7 Å². The summed E-state index contributed by atoms with van der Waals surface area (Å²) in [5.74, 6) is -1.20. The Kier molecular flexibility index (Phi) is 12.3. The number of fused-ring (bicyclic) bond motifs is 2. The molecule has 4 aromatic heterocycles. The lowest BCUT2D eigenvalue weighted by atomic mass is 9.92. The number of thioether (sulfide) groups is 1. The van der Waals surface area contributed by atoms with Gasteiger partial charge >= 0.3 is 5.69 Å².